The summed E-state index contributed by atoms with van der Waals surface area (Å²) in [5, 5.41) is 17.8. The van der Waals surface area contributed by atoms with E-state index in [2.05, 4.69) is 25.3 Å². The molecule has 0 aliphatic rings. The van der Waals surface area contributed by atoms with Gasteiger partial charge in [0.25, 0.3) is 0 Å². The number of carboxylic acids is 2. The smallest absolute Gasteiger partial charge is 0.550 e. The van der Waals surface area contributed by atoms with Crippen LogP contribution in [-0.4, -0.2) is 23.4 Å². The zero-order chi connectivity index (χ0) is 10.6. The number of carboxylic acid groups (broad SMARTS) is 2. The molecule has 0 bridgehead atoms. The van der Waals surface area contributed by atoms with Crippen LogP contribution in [-0.2, 0) is 9.59 Å². The Morgan fingerprint density at radius 3 is 1.00 bits per heavy atom. The Bertz CT molecular complexity index is 102. The van der Waals surface area contributed by atoms with E-state index in [0.717, 1.165) is 25.4 Å². The van der Waals surface area contributed by atoms with Crippen LogP contribution in [0.2, 0.25) is 0 Å². The van der Waals surface area contributed by atoms with E-state index >= 15 is 0 Å². The van der Waals surface area contributed by atoms with Crippen LogP contribution in [0.3, 0.4) is 0 Å². The fourth-order valence-electron chi connectivity index (χ4n) is 0. The van der Waals surface area contributed by atoms with E-state index in [0.29, 0.717) is 0 Å². The molecule has 0 aromatic carbocycles. The van der Waals surface area contributed by atoms with Crippen molar-refractivity contribution in [2.75, 3.05) is 11.5 Å². The first kappa shape index (κ1) is 29.6. The zero-order valence-corrected chi connectivity index (χ0v) is 14.7. The summed E-state index contributed by atoms with van der Waals surface area (Å²) in [5.74, 6) is -0.410. The van der Waals surface area contributed by atoms with Gasteiger partial charge in [0.05, 0.1) is 0 Å². The molecule has 0 aromatic heterocycles. The van der Waals surface area contributed by atoms with E-state index in [-0.39, 0.29) is 59.1 Å². The number of hydrogen-bond acceptors (Lipinski definition) is 6. The monoisotopic (exact) mass is 258 g/mol. The minimum atomic E-state index is -1.08. The molecule has 0 fully saturated rings. The van der Waals surface area contributed by atoms with E-state index in [4.69, 9.17) is 19.8 Å². The van der Waals surface area contributed by atoms with Crippen molar-refractivity contribution in [3.63, 3.8) is 0 Å². The molecule has 0 unspecified atom stereocenters. The standard InChI is InChI=1S/2C2H4O2.C2H6S2.2Na/c2*1-2(3)4;3-1-2-4;;/h2*1H3,(H,3,4);3-4H,1-2H2;;/q;;;2*+1/p-2. The molecule has 0 aliphatic carbocycles. The van der Waals surface area contributed by atoms with Crippen LogP contribution in [0.1, 0.15) is 13.8 Å². The molecule has 0 radical (unpaired) electrons. The van der Waals surface area contributed by atoms with Crippen LogP contribution in [0.15, 0.2) is 0 Å². The van der Waals surface area contributed by atoms with E-state index in [1.807, 2.05) is 0 Å². The summed E-state index contributed by atoms with van der Waals surface area (Å²) in [6, 6.07) is 0. The van der Waals surface area contributed by atoms with Crippen LogP contribution in [0, 0.1) is 0 Å². The van der Waals surface area contributed by atoms with E-state index in [1.54, 1.807) is 0 Å². The molecule has 0 amide bonds. The minimum absolute atomic E-state index is 0. The van der Waals surface area contributed by atoms with Gasteiger partial charge in [0.15, 0.2) is 0 Å². The van der Waals surface area contributed by atoms with Crippen molar-refractivity contribution >= 4 is 37.2 Å². The maximum Gasteiger partial charge on any atom is 1.00 e. The fourth-order valence-corrected chi connectivity index (χ4v) is 0. The van der Waals surface area contributed by atoms with Crippen molar-refractivity contribution in [1.82, 2.24) is 0 Å². The molecule has 0 heterocycles. The van der Waals surface area contributed by atoms with Gasteiger partial charge in [-0.15, -0.1) is 0 Å². The first-order valence-corrected chi connectivity index (χ1v) is 4.21. The average molecular weight is 258 g/mol. The van der Waals surface area contributed by atoms with Crippen molar-refractivity contribution in [2.24, 2.45) is 0 Å². The van der Waals surface area contributed by atoms with Crippen molar-refractivity contribution in [3.05, 3.63) is 0 Å². The summed E-state index contributed by atoms with van der Waals surface area (Å²) < 4.78 is 0. The SMILES string of the molecule is CC(=O)[O-].CC(=O)[O-].SCCS.[Na+].[Na+]. The van der Waals surface area contributed by atoms with Crippen molar-refractivity contribution in [3.8, 4) is 0 Å². The van der Waals surface area contributed by atoms with Crippen LogP contribution in [0.4, 0.5) is 0 Å². The van der Waals surface area contributed by atoms with Gasteiger partial charge >= 0.3 is 59.1 Å². The Morgan fingerprint density at radius 2 is 1.00 bits per heavy atom. The number of aliphatic carboxylic acids is 2. The normalized spacial score (nSPS) is 5.71. The molecule has 74 valence electrons. The molecule has 0 atom stereocenters. The zero-order valence-electron chi connectivity index (χ0n) is 8.94. The summed E-state index contributed by atoms with van der Waals surface area (Å²) in [6.45, 7) is 1.94. The molecule has 4 nitrogen and oxygen atoms in total. The van der Waals surface area contributed by atoms with Crippen LogP contribution >= 0.6 is 25.3 Å². The molecule has 14 heavy (non-hydrogen) atoms. The summed E-state index contributed by atoms with van der Waals surface area (Å²) in [7, 11) is 0. The van der Waals surface area contributed by atoms with E-state index < -0.39 is 11.9 Å². The Labute approximate surface area is 140 Å². The Kier molecular flexibility index (Phi) is 62.0. The summed E-state index contributed by atoms with van der Waals surface area (Å²) >= 11 is 7.69. The van der Waals surface area contributed by atoms with Gasteiger partial charge in [0.2, 0.25) is 0 Å². The summed E-state index contributed by atoms with van der Waals surface area (Å²) in [5.41, 5.74) is 0. The van der Waals surface area contributed by atoms with Gasteiger partial charge in [-0.3, -0.25) is 0 Å². The molecule has 0 aliphatic heterocycles. The van der Waals surface area contributed by atoms with Gasteiger partial charge in [-0.25, -0.2) is 0 Å². The number of carbonyl (C=O) groups is 2. The maximum atomic E-state index is 8.89. The number of carbonyl (C=O) groups excluding carboxylic acids is 2. The second-order valence-electron chi connectivity index (χ2n) is 1.43. The predicted octanol–water partition coefficient (Wildman–Crippen LogP) is -7.63. The van der Waals surface area contributed by atoms with E-state index in [1.165, 1.54) is 0 Å². The first-order chi connectivity index (χ1) is 5.38. The third-order valence-electron chi connectivity index (χ3n) is 0.1000. The predicted molar refractivity (Wildman–Crippen MR) is 49.1 cm³/mol. The van der Waals surface area contributed by atoms with Gasteiger partial charge in [-0.2, -0.15) is 25.3 Å². The van der Waals surface area contributed by atoms with Crippen LogP contribution in [0.25, 0.3) is 0 Å². The third kappa shape index (κ3) is 313. The van der Waals surface area contributed by atoms with Crippen LogP contribution in [0.5, 0.6) is 0 Å². The molecule has 0 aromatic rings. The van der Waals surface area contributed by atoms with Crippen molar-refractivity contribution in [1.29, 1.82) is 0 Å². The Morgan fingerprint density at radius 1 is 0.929 bits per heavy atom. The minimum Gasteiger partial charge on any atom is -0.550 e. The molecule has 0 saturated heterocycles. The van der Waals surface area contributed by atoms with Gasteiger partial charge in [-0.1, -0.05) is 0 Å². The number of rotatable bonds is 1. The molecular formula is C6H12Na2O4S2. The molecule has 8 heteroatoms. The Balaban J connectivity index is -0.0000000270. The Hall–Kier alpha value is 1.64. The van der Waals surface area contributed by atoms with Gasteiger partial charge < -0.3 is 19.8 Å². The first-order valence-electron chi connectivity index (χ1n) is 2.95. The van der Waals surface area contributed by atoms with Crippen molar-refractivity contribution < 1.29 is 78.9 Å². The maximum absolute atomic E-state index is 8.89. The van der Waals surface area contributed by atoms with Gasteiger partial charge in [-0.05, 0) is 25.4 Å². The van der Waals surface area contributed by atoms with E-state index in [9.17, 15) is 0 Å². The molecule has 0 saturated carbocycles. The molecule has 0 rings (SSSR count). The fraction of sp³-hybridized carbons (Fsp3) is 0.667. The largest absolute Gasteiger partial charge is 1.00 e. The molecule has 0 N–H and O–H groups in total. The van der Waals surface area contributed by atoms with Gasteiger partial charge in [0.1, 0.15) is 0 Å². The second-order valence-corrected chi connectivity index (χ2v) is 2.32. The van der Waals surface area contributed by atoms with Crippen LogP contribution < -0.4 is 69.3 Å². The third-order valence-corrected chi connectivity index (χ3v) is 0.900. The van der Waals surface area contributed by atoms with Crippen molar-refractivity contribution in [2.45, 2.75) is 13.8 Å². The second kappa shape index (κ2) is 29.3. The van der Waals surface area contributed by atoms with Gasteiger partial charge in [0, 0.05) is 11.9 Å². The topological polar surface area (TPSA) is 80.3 Å². The number of hydrogen-bond donors (Lipinski definition) is 2. The number of thiol groups is 2. The quantitative estimate of drug-likeness (QED) is 0.362. The molecule has 0 spiro atoms. The summed E-state index contributed by atoms with van der Waals surface area (Å²) in [4.78, 5) is 17.8. The summed E-state index contributed by atoms with van der Waals surface area (Å²) in [6.07, 6.45) is 0. The average Bonchev–Trinajstić information content (AvgIpc) is 1.85. The molecular weight excluding hydrogens is 246 g/mol.